The second kappa shape index (κ2) is 6.75. The van der Waals surface area contributed by atoms with Crippen LogP contribution in [0.5, 0.6) is 0 Å². The Balaban J connectivity index is 2.13. The summed E-state index contributed by atoms with van der Waals surface area (Å²) in [5.74, 6) is 0.863. The lowest BCUT2D eigenvalue weighted by Gasteiger charge is -2.29. The highest BCUT2D eigenvalue weighted by Gasteiger charge is 2.20. The van der Waals surface area contributed by atoms with E-state index in [2.05, 4.69) is 48.0 Å². The van der Waals surface area contributed by atoms with Gasteiger partial charge in [0.15, 0.2) is 0 Å². The zero-order chi connectivity index (χ0) is 14.7. The first kappa shape index (κ1) is 15.6. The third kappa shape index (κ3) is 3.85. The van der Waals surface area contributed by atoms with Crippen molar-refractivity contribution >= 4 is 27.5 Å². The first-order valence-electron chi connectivity index (χ1n) is 7.51. The molecule has 0 spiro atoms. The Morgan fingerprint density at radius 2 is 2.15 bits per heavy atom. The number of alkyl halides is 1. The molecule has 1 heterocycles. The number of anilines is 1. The summed E-state index contributed by atoms with van der Waals surface area (Å²) < 4.78 is 0. The van der Waals surface area contributed by atoms with Gasteiger partial charge in [-0.25, -0.2) is 0 Å². The van der Waals surface area contributed by atoms with Gasteiger partial charge >= 0.3 is 0 Å². The Kier molecular flexibility index (Phi) is 5.25. The average Bonchev–Trinajstić information content (AvgIpc) is 2.36. The van der Waals surface area contributed by atoms with Crippen molar-refractivity contribution in [3.8, 4) is 0 Å². The fourth-order valence-electron chi connectivity index (χ4n) is 2.96. The molecule has 1 aromatic rings. The molecule has 0 aliphatic carbocycles. The van der Waals surface area contributed by atoms with E-state index < -0.39 is 0 Å². The molecule has 1 amide bonds. The maximum Gasteiger partial charge on any atom is 0.223 e. The molecule has 1 aliphatic heterocycles. The third-order valence-electron chi connectivity index (χ3n) is 3.83. The van der Waals surface area contributed by atoms with Crippen LogP contribution in [0, 0.1) is 5.92 Å². The molecule has 2 nitrogen and oxygen atoms in total. The third-order valence-corrected chi connectivity index (χ3v) is 4.52. The summed E-state index contributed by atoms with van der Waals surface area (Å²) in [6.07, 6.45) is 4.41. The molecule has 0 fully saturated rings. The number of amides is 1. The molecule has 1 aromatic carbocycles. The number of carbonyl (C=O) groups is 1. The highest BCUT2D eigenvalue weighted by molar-refractivity contribution is 9.09. The Morgan fingerprint density at radius 3 is 2.80 bits per heavy atom. The molecule has 0 radical (unpaired) electrons. The number of fused-ring (bicyclic) bond motifs is 1. The fourth-order valence-corrected chi connectivity index (χ4v) is 4.08. The van der Waals surface area contributed by atoms with Crippen molar-refractivity contribution in [3.05, 3.63) is 29.3 Å². The van der Waals surface area contributed by atoms with Crippen molar-refractivity contribution in [2.24, 2.45) is 5.92 Å². The smallest absolute Gasteiger partial charge is 0.223 e. The van der Waals surface area contributed by atoms with Crippen molar-refractivity contribution < 1.29 is 4.79 Å². The SMILES string of the molecule is CC(=O)N1CCCc2cc(CC(Br)CC(C)C)ccc21. The minimum atomic E-state index is 0.150. The van der Waals surface area contributed by atoms with Crippen LogP contribution in [0.25, 0.3) is 0 Å². The molecule has 0 bridgehead atoms. The molecule has 0 aromatic heterocycles. The number of rotatable bonds is 4. The van der Waals surface area contributed by atoms with Crippen LogP contribution in [-0.2, 0) is 17.6 Å². The van der Waals surface area contributed by atoms with E-state index in [1.165, 1.54) is 17.5 Å². The monoisotopic (exact) mass is 337 g/mol. The average molecular weight is 338 g/mol. The molecular weight excluding hydrogens is 314 g/mol. The van der Waals surface area contributed by atoms with E-state index in [9.17, 15) is 4.79 Å². The van der Waals surface area contributed by atoms with Crippen molar-refractivity contribution in [1.29, 1.82) is 0 Å². The van der Waals surface area contributed by atoms with Crippen LogP contribution in [0.3, 0.4) is 0 Å². The van der Waals surface area contributed by atoms with Crippen molar-refractivity contribution in [1.82, 2.24) is 0 Å². The summed E-state index contributed by atoms with van der Waals surface area (Å²) in [6.45, 7) is 7.02. The quantitative estimate of drug-likeness (QED) is 0.748. The molecule has 20 heavy (non-hydrogen) atoms. The van der Waals surface area contributed by atoms with Crippen LogP contribution in [0.1, 0.15) is 44.7 Å². The number of carbonyl (C=O) groups excluding carboxylic acids is 1. The number of benzene rings is 1. The van der Waals surface area contributed by atoms with Gasteiger partial charge in [-0.3, -0.25) is 4.79 Å². The standard InChI is InChI=1S/C17H24BrNO/c1-12(2)9-16(18)11-14-6-7-17-15(10-14)5-4-8-19(17)13(3)20/h6-7,10,12,16H,4-5,8-9,11H2,1-3H3. The molecule has 1 unspecified atom stereocenters. The van der Waals surface area contributed by atoms with E-state index in [4.69, 9.17) is 0 Å². The predicted molar refractivity (Wildman–Crippen MR) is 88.7 cm³/mol. The van der Waals surface area contributed by atoms with Gasteiger partial charge < -0.3 is 4.90 Å². The first-order chi connectivity index (χ1) is 9.47. The van der Waals surface area contributed by atoms with E-state index in [0.29, 0.717) is 10.7 Å². The number of aryl methyl sites for hydroxylation is 1. The topological polar surface area (TPSA) is 20.3 Å². The zero-order valence-corrected chi connectivity index (χ0v) is 14.2. The van der Waals surface area contributed by atoms with Gasteiger partial charge in [0, 0.05) is 24.0 Å². The van der Waals surface area contributed by atoms with Gasteiger partial charge in [0.1, 0.15) is 0 Å². The molecule has 1 atom stereocenters. The van der Waals surface area contributed by atoms with Crippen LogP contribution >= 0.6 is 15.9 Å². The van der Waals surface area contributed by atoms with E-state index in [1.54, 1.807) is 6.92 Å². The summed E-state index contributed by atoms with van der Waals surface area (Å²) >= 11 is 3.78. The van der Waals surface area contributed by atoms with Crippen LogP contribution < -0.4 is 4.90 Å². The second-order valence-electron chi connectivity index (χ2n) is 6.17. The normalized spacial score (nSPS) is 16.1. The number of nitrogens with zero attached hydrogens (tertiary/aromatic N) is 1. The van der Waals surface area contributed by atoms with Gasteiger partial charge in [-0.05, 0) is 48.8 Å². The van der Waals surface area contributed by atoms with Crippen LogP contribution in [0.15, 0.2) is 18.2 Å². The second-order valence-corrected chi connectivity index (χ2v) is 7.46. The van der Waals surface area contributed by atoms with Crippen molar-refractivity contribution in [2.45, 2.75) is 51.3 Å². The maximum absolute atomic E-state index is 11.7. The predicted octanol–water partition coefficient (Wildman–Crippen LogP) is 4.34. The molecule has 0 N–H and O–H groups in total. The van der Waals surface area contributed by atoms with E-state index >= 15 is 0 Å². The number of halogens is 1. The molecular formula is C17H24BrNO. The Hall–Kier alpha value is -0.830. The lowest BCUT2D eigenvalue weighted by Crippen LogP contribution is -2.33. The zero-order valence-electron chi connectivity index (χ0n) is 12.7. The molecule has 1 aliphatic rings. The summed E-state index contributed by atoms with van der Waals surface area (Å²) in [4.78, 5) is 14.1. The molecule has 2 rings (SSSR count). The lowest BCUT2D eigenvalue weighted by molar-refractivity contribution is -0.116. The van der Waals surface area contributed by atoms with E-state index in [1.807, 2.05) is 4.90 Å². The van der Waals surface area contributed by atoms with Gasteiger partial charge in [0.25, 0.3) is 0 Å². The van der Waals surface area contributed by atoms with Gasteiger partial charge in [-0.1, -0.05) is 41.9 Å². The largest absolute Gasteiger partial charge is 0.312 e. The summed E-state index contributed by atoms with van der Waals surface area (Å²) in [5.41, 5.74) is 3.81. The lowest BCUT2D eigenvalue weighted by atomic mass is 9.96. The maximum atomic E-state index is 11.7. The minimum Gasteiger partial charge on any atom is -0.312 e. The fraction of sp³-hybridized carbons (Fsp3) is 0.588. The van der Waals surface area contributed by atoms with Crippen molar-refractivity contribution in [3.63, 3.8) is 0 Å². The molecule has 110 valence electrons. The van der Waals surface area contributed by atoms with Gasteiger partial charge in [0.05, 0.1) is 0 Å². The Bertz CT molecular complexity index is 484. The molecule has 0 saturated carbocycles. The summed E-state index contributed by atoms with van der Waals surface area (Å²) in [6, 6.07) is 6.59. The minimum absolute atomic E-state index is 0.150. The van der Waals surface area contributed by atoms with Gasteiger partial charge in [-0.2, -0.15) is 0 Å². The van der Waals surface area contributed by atoms with Crippen LogP contribution in [0.2, 0.25) is 0 Å². The summed E-state index contributed by atoms with van der Waals surface area (Å²) in [7, 11) is 0. The molecule has 3 heteroatoms. The van der Waals surface area contributed by atoms with E-state index in [-0.39, 0.29) is 5.91 Å². The number of hydrogen-bond acceptors (Lipinski definition) is 1. The highest BCUT2D eigenvalue weighted by atomic mass is 79.9. The number of hydrogen-bond donors (Lipinski definition) is 0. The first-order valence-corrected chi connectivity index (χ1v) is 8.43. The van der Waals surface area contributed by atoms with Crippen LogP contribution in [0.4, 0.5) is 5.69 Å². The van der Waals surface area contributed by atoms with Crippen molar-refractivity contribution in [2.75, 3.05) is 11.4 Å². The summed E-state index contributed by atoms with van der Waals surface area (Å²) in [5, 5.41) is 0. The molecule has 0 saturated heterocycles. The Labute approximate surface area is 130 Å². The van der Waals surface area contributed by atoms with Gasteiger partial charge in [-0.15, -0.1) is 0 Å². The van der Waals surface area contributed by atoms with Crippen LogP contribution in [-0.4, -0.2) is 17.3 Å². The Morgan fingerprint density at radius 1 is 1.40 bits per heavy atom. The van der Waals surface area contributed by atoms with E-state index in [0.717, 1.165) is 31.5 Å². The van der Waals surface area contributed by atoms with Gasteiger partial charge in [0.2, 0.25) is 5.91 Å². The highest BCUT2D eigenvalue weighted by Crippen LogP contribution is 2.29.